The largest absolute Gasteiger partial charge is 0.376 e. The number of hydrogen-bond donors (Lipinski definition) is 2. The predicted molar refractivity (Wildman–Crippen MR) is 109 cm³/mol. The molecule has 0 bridgehead atoms. The van der Waals surface area contributed by atoms with E-state index in [-0.39, 0.29) is 17.3 Å². The van der Waals surface area contributed by atoms with Gasteiger partial charge in [0.25, 0.3) is 0 Å². The summed E-state index contributed by atoms with van der Waals surface area (Å²) in [4.78, 5) is 12.5. The molecular formula is C19H27N5O3S. The second-order valence-electron chi connectivity index (χ2n) is 7.06. The van der Waals surface area contributed by atoms with Gasteiger partial charge in [-0.3, -0.25) is 9.48 Å². The summed E-state index contributed by atoms with van der Waals surface area (Å²) in [5.41, 5.74) is 2.92. The first kappa shape index (κ1) is 20.3. The van der Waals surface area contributed by atoms with E-state index in [2.05, 4.69) is 15.7 Å². The predicted octanol–water partition coefficient (Wildman–Crippen LogP) is 2.26. The molecule has 2 aromatic rings. The molecule has 0 aliphatic carbocycles. The summed E-state index contributed by atoms with van der Waals surface area (Å²) in [5.74, 6) is -0.219. The Morgan fingerprint density at radius 3 is 2.54 bits per heavy atom. The maximum atomic E-state index is 12.8. The summed E-state index contributed by atoms with van der Waals surface area (Å²) >= 11 is 0. The number of rotatable bonds is 6. The van der Waals surface area contributed by atoms with Gasteiger partial charge in [-0.2, -0.15) is 9.40 Å². The zero-order chi connectivity index (χ0) is 20.3. The number of carbonyl (C=O) groups is 1. The smallest absolute Gasteiger partial charge is 0.243 e. The Hall–Kier alpha value is -2.39. The number of benzene rings is 1. The number of carbonyl (C=O) groups excluding carboxylic acids is 1. The van der Waals surface area contributed by atoms with Gasteiger partial charge in [-0.25, -0.2) is 8.42 Å². The molecule has 28 heavy (non-hydrogen) atoms. The van der Waals surface area contributed by atoms with Crippen LogP contribution in [-0.2, 0) is 21.9 Å². The molecule has 9 heteroatoms. The fourth-order valence-electron chi connectivity index (χ4n) is 3.34. The lowest BCUT2D eigenvalue weighted by atomic mass is 10.2. The van der Waals surface area contributed by atoms with E-state index in [0.29, 0.717) is 24.5 Å². The molecule has 152 valence electrons. The van der Waals surface area contributed by atoms with Gasteiger partial charge in [-0.05, 0) is 44.9 Å². The van der Waals surface area contributed by atoms with Gasteiger partial charge in [0.1, 0.15) is 0 Å². The van der Waals surface area contributed by atoms with Crippen LogP contribution in [0.5, 0.6) is 0 Å². The van der Waals surface area contributed by atoms with Crippen LogP contribution in [0.4, 0.5) is 11.4 Å². The second-order valence-corrected chi connectivity index (χ2v) is 9.00. The molecule has 0 radical (unpaired) electrons. The maximum absolute atomic E-state index is 12.8. The van der Waals surface area contributed by atoms with Crippen LogP contribution in [0.15, 0.2) is 29.2 Å². The van der Waals surface area contributed by atoms with Crippen molar-refractivity contribution >= 4 is 27.3 Å². The molecule has 1 saturated heterocycles. The summed E-state index contributed by atoms with van der Waals surface area (Å²) in [6, 6.07) is 6.62. The molecule has 8 nitrogen and oxygen atoms in total. The zero-order valence-electron chi connectivity index (χ0n) is 16.5. The molecule has 1 aromatic carbocycles. The first-order valence-electron chi connectivity index (χ1n) is 9.43. The van der Waals surface area contributed by atoms with E-state index < -0.39 is 10.0 Å². The first-order valence-corrected chi connectivity index (χ1v) is 10.9. The first-order chi connectivity index (χ1) is 13.3. The van der Waals surface area contributed by atoms with Crippen LogP contribution in [0.1, 0.15) is 30.7 Å². The molecule has 1 aliphatic rings. The minimum Gasteiger partial charge on any atom is -0.376 e. The normalized spacial score (nSPS) is 15.4. The van der Waals surface area contributed by atoms with Crippen LogP contribution in [0.2, 0.25) is 0 Å². The number of aryl methyl sites for hydroxylation is 2. The van der Waals surface area contributed by atoms with E-state index >= 15 is 0 Å². The Balaban J connectivity index is 1.65. The number of nitrogens with zero attached hydrogens (tertiary/aromatic N) is 3. The van der Waals surface area contributed by atoms with Crippen LogP contribution in [0.3, 0.4) is 0 Å². The fourth-order valence-corrected chi connectivity index (χ4v) is 4.90. The lowest BCUT2D eigenvalue weighted by Gasteiger charge is -2.26. The molecule has 2 heterocycles. The maximum Gasteiger partial charge on any atom is 0.243 e. The van der Waals surface area contributed by atoms with Gasteiger partial charge in [0.05, 0.1) is 28.5 Å². The van der Waals surface area contributed by atoms with Crippen molar-refractivity contribution in [3.05, 3.63) is 35.7 Å². The Bertz CT molecular complexity index is 962. The van der Waals surface area contributed by atoms with Crippen molar-refractivity contribution in [1.29, 1.82) is 0 Å². The Morgan fingerprint density at radius 2 is 1.89 bits per heavy atom. The number of sulfonamides is 1. The molecule has 1 aromatic heterocycles. The molecular weight excluding hydrogens is 378 g/mol. The molecule has 0 atom stereocenters. The van der Waals surface area contributed by atoms with Crippen molar-refractivity contribution in [1.82, 2.24) is 14.1 Å². The number of piperidine rings is 1. The highest BCUT2D eigenvalue weighted by Gasteiger charge is 2.26. The second kappa shape index (κ2) is 8.32. The Morgan fingerprint density at radius 1 is 1.18 bits per heavy atom. The van der Waals surface area contributed by atoms with Crippen molar-refractivity contribution in [3.63, 3.8) is 0 Å². The Labute approximate surface area is 166 Å². The summed E-state index contributed by atoms with van der Waals surface area (Å²) in [5, 5.41) is 10.1. The van der Waals surface area contributed by atoms with Crippen LogP contribution in [0, 0.1) is 13.8 Å². The van der Waals surface area contributed by atoms with Crippen molar-refractivity contribution in [3.8, 4) is 0 Å². The monoisotopic (exact) mass is 405 g/mol. The Kier molecular flexibility index (Phi) is 6.04. The third kappa shape index (κ3) is 4.36. The average Bonchev–Trinajstić information content (AvgIpc) is 2.93. The minimum atomic E-state index is -3.50. The molecule has 0 unspecified atom stereocenters. The van der Waals surface area contributed by atoms with E-state index in [1.807, 2.05) is 20.9 Å². The standard InChI is InChI=1S/C19H27N5O3S/c1-14-19(15(2)23(3)22-14)21-18(25)13-20-16-8-7-9-17(12-16)28(26,27)24-10-5-4-6-11-24/h7-9,12,20H,4-6,10-11,13H2,1-3H3,(H,21,25). The molecule has 2 N–H and O–H groups in total. The molecule has 1 amide bonds. The van der Waals surface area contributed by atoms with Gasteiger partial charge in [0.15, 0.2) is 0 Å². The minimum absolute atomic E-state index is 0.0288. The highest BCUT2D eigenvalue weighted by atomic mass is 32.2. The van der Waals surface area contributed by atoms with Crippen molar-refractivity contribution in [2.75, 3.05) is 30.3 Å². The number of anilines is 2. The molecule has 1 aliphatic heterocycles. The summed E-state index contributed by atoms with van der Waals surface area (Å²) < 4.78 is 28.9. The lowest BCUT2D eigenvalue weighted by Crippen LogP contribution is -2.35. The van der Waals surface area contributed by atoms with Gasteiger partial charge in [0, 0.05) is 25.8 Å². The van der Waals surface area contributed by atoms with Crippen molar-refractivity contribution < 1.29 is 13.2 Å². The van der Waals surface area contributed by atoms with Gasteiger partial charge in [-0.1, -0.05) is 12.5 Å². The molecule has 3 rings (SSSR count). The molecule has 0 saturated carbocycles. The van der Waals surface area contributed by atoms with Crippen molar-refractivity contribution in [2.24, 2.45) is 7.05 Å². The summed E-state index contributed by atoms with van der Waals surface area (Å²) in [6.07, 6.45) is 2.85. The van der Waals surface area contributed by atoms with Gasteiger partial charge >= 0.3 is 0 Å². The summed E-state index contributed by atoms with van der Waals surface area (Å²) in [7, 11) is -1.67. The third-order valence-electron chi connectivity index (χ3n) is 5.01. The quantitative estimate of drug-likeness (QED) is 0.768. The van der Waals surface area contributed by atoms with Crippen LogP contribution < -0.4 is 10.6 Å². The highest BCUT2D eigenvalue weighted by Crippen LogP contribution is 2.23. The average molecular weight is 406 g/mol. The topological polar surface area (TPSA) is 96.3 Å². The van der Waals surface area contributed by atoms with Gasteiger partial charge < -0.3 is 10.6 Å². The third-order valence-corrected chi connectivity index (χ3v) is 6.91. The van der Waals surface area contributed by atoms with E-state index in [9.17, 15) is 13.2 Å². The fraction of sp³-hybridized carbons (Fsp3) is 0.474. The van der Waals surface area contributed by atoms with Crippen LogP contribution in [-0.4, -0.2) is 48.0 Å². The molecule has 0 spiro atoms. The van der Waals surface area contributed by atoms with Crippen LogP contribution in [0.25, 0.3) is 0 Å². The number of nitrogens with one attached hydrogen (secondary N) is 2. The summed E-state index contributed by atoms with van der Waals surface area (Å²) in [6.45, 7) is 4.88. The van der Waals surface area contributed by atoms with E-state index in [1.165, 1.54) is 4.31 Å². The number of amides is 1. The number of hydrogen-bond acceptors (Lipinski definition) is 5. The van der Waals surface area contributed by atoms with Gasteiger partial charge in [-0.15, -0.1) is 0 Å². The van der Waals surface area contributed by atoms with E-state index in [4.69, 9.17) is 0 Å². The van der Waals surface area contributed by atoms with Crippen LogP contribution >= 0.6 is 0 Å². The SMILES string of the molecule is Cc1nn(C)c(C)c1NC(=O)CNc1cccc(S(=O)(=O)N2CCCCC2)c1. The molecule has 1 fully saturated rings. The highest BCUT2D eigenvalue weighted by molar-refractivity contribution is 7.89. The number of aromatic nitrogens is 2. The van der Waals surface area contributed by atoms with E-state index in [0.717, 1.165) is 30.7 Å². The van der Waals surface area contributed by atoms with Crippen molar-refractivity contribution in [2.45, 2.75) is 38.0 Å². The zero-order valence-corrected chi connectivity index (χ0v) is 17.3. The van der Waals surface area contributed by atoms with Gasteiger partial charge in [0.2, 0.25) is 15.9 Å². The lowest BCUT2D eigenvalue weighted by molar-refractivity contribution is -0.114. The van der Waals surface area contributed by atoms with E-state index in [1.54, 1.807) is 28.9 Å².